The molecule has 0 bridgehead atoms. The Morgan fingerprint density at radius 1 is 0.543 bits per heavy atom. The normalized spacial score (nSPS) is 26.7. The van der Waals surface area contributed by atoms with E-state index in [0.717, 1.165) is 44.3 Å². The number of hydrogen-bond acceptors (Lipinski definition) is 14. The Morgan fingerprint density at radius 3 is 1.47 bits per heavy atom. The molecule has 2 fully saturated rings. The first-order valence-corrected chi connectivity index (χ1v) is 29.4. The van der Waals surface area contributed by atoms with Crippen molar-refractivity contribution in [1.29, 1.82) is 0 Å². The van der Waals surface area contributed by atoms with Crippen LogP contribution in [0.25, 0.3) is 0 Å². The molecule has 0 saturated carbocycles. The minimum atomic E-state index is -1.74. The summed E-state index contributed by atoms with van der Waals surface area (Å²) in [4.78, 5) is 27.4. The minimum Gasteiger partial charge on any atom is -0.455 e. The highest BCUT2D eigenvalue weighted by molar-refractivity contribution is 7.80. The van der Waals surface area contributed by atoms with E-state index in [1.807, 2.05) is 6.92 Å². The highest BCUT2D eigenvalue weighted by Crippen LogP contribution is 2.33. The van der Waals surface area contributed by atoms with Gasteiger partial charge in [-0.15, -0.1) is 0 Å². The van der Waals surface area contributed by atoms with Crippen molar-refractivity contribution in [1.82, 2.24) is 0 Å². The maximum Gasteiger partial charge on any atom is 0.311 e. The van der Waals surface area contributed by atoms with Gasteiger partial charge in [0.25, 0.3) is 0 Å². The monoisotopic (exact) mass is 1020 g/mol. The second-order valence-electron chi connectivity index (χ2n) is 21.4. The standard InChI is InChI=1S/C56H106O13S/c1-6-8-9-10-11-12-13-14-15-16-18-21-24-27-30-33-36-41(3)39-42(4)47(59)43(5)54(64)68-52-49(61)45(40-57)66-56(69-55-51(63)50(62)48(60)44(7-2)65-55)53(52)67-46(58)37-34-31-28-25-22-19-17-20-23-26-29-32-35-38-70/h41-45,47-53,55-57,59-63,70H,6-40H2,1-5H3/t41-,42-,43-,44?,45?,47+,48+,49+,50?,51+,52-,53?,55+,56+/m0/s1. The van der Waals surface area contributed by atoms with Crippen molar-refractivity contribution >= 4 is 24.6 Å². The molecule has 14 atom stereocenters. The summed E-state index contributed by atoms with van der Waals surface area (Å²) >= 11 is 4.28. The molecule has 0 aliphatic carbocycles. The summed E-state index contributed by atoms with van der Waals surface area (Å²) in [5, 5.41) is 65.1. The van der Waals surface area contributed by atoms with Gasteiger partial charge < -0.3 is 54.3 Å². The van der Waals surface area contributed by atoms with Crippen molar-refractivity contribution in [2.75, 3.05) is 12.4 Å². The van der Waals surface area contributed by atoms with Crippen LogP contribution in [0.1, 0.15) is 247 Å². The van der Waals surface area contributed by atoms with E-state index in [-0.39, 0.29) is 18.8 Å². The topological polar surface area (TPSA) is 202 Å². The molecule has 0 aromatic rings. The van der Waals surface area contributed by atoms with Crippen LogP contribution in [0.15, 0.2) is 0 Å². The maximum atomic E-state index is 13.9. The molecule has 6 N–H and O–H groups in total. The molecule has 0 radical (unpaired) electrons. The summed E-state index contributed by atoms with van der Waals surface area (Å²) < 4.78 is 29.5. The Balaban J connectivity index is 1.92. The van der Waals surface area contributed by atoms with E-state index in [9.17, 15) is 40.2 Å². The molecule has 2 heterocycles. The molecule has 2 aliphatic heterocycles. The number of rotatable bonds is 43. The van der Waals surface area contributed by atoms with Gasteiger partial charge in [0.15, 0.2) is 18.5 Å². The molecule has 2 rings (SSSR count). The Bertz CT molecular complexity index is 1280. The van der Waals surface area contributed by atoms with Gasteiger partial charge in [-0.3, -0.25) is 9.59 Å². The molecule has 0 aromatic carbocycles. The fourth-order valence-corrected chi connectivity index (χ4v) is 10.5. The Labute approximate surface area is 431 Å². The summed E-state index contributed by atoms with van der Waals surface area (Å²) in [7, 11) is 0. The van der Waals surface area contributed by atoms with Crippen LogP contribution in [0.4, 0.5) is 0 Å². The van der Waals surface area contributed by atoms with Gasteiger partial charge in [0, 0.05) is 6.42 Å². The van der Waals surface area contributed by atoms with Crippen LogP contribution >= 0.6 is 12.6 Å². The number of hydrogen-bond donors (Lipinski definition) is 7. The van der Waals surface area contributed by atoms with Crippen molar-refractivity contribution < 1.29 is 63.9 Å². The van der Waals surface area contributed by atoms with Crippen LogP contribution in [-0.2, 0) is 33.3 Å². The Kier molecular flexibility index (Phi) is 37.4. The molecule has 13 nitrogen and oxygen atoms in total. The number of aliphatic hydroxyl groups is 6. The smallest absolute Gasteiger partial charge is 0.311 e. The van der Waals surface area contributed by atoms with Crippen molar-refractivity contribution in [3.63, 3.8) is 0 Å². The molecule has 2 saturated heterocycles. The third-order valence-electron chi connectivity index (χ3n) is 15.0. The lowest BCUT2D eigenvalue weighted by Gasteiger charge is -2.46. The summed E-state index contributed by atoms with van der Waals surface area (Å²) in [6.45, 7) is 8.91. The molecule has 414 valence electrons. The fraction of sp³-hybridized carbons (Fsp3) is 0.964. The highest BCUT2D eigenvalue weighted by Gasteiger charge is 2.53. The number of thiol groups is 1. The SMILES string of the molecule is CCCCCCCCCCCCCCCCCC[C@H](C)C[C@H](C)[C@@H](O)[C@H](C)C(=O)O[C@@H]1C(OC(=O)CCCCCCCCCCCCCCCS)[C@@H](O[C@H]2OC(CC)[C@@H](O)C(O)[C@H]2O)OC(CO)[C@H]1O. The van der Waals surface area contributed by atoms with Gasteiger partial charge in [0.1, 0.15) is 30.5 Å². The molecule has 14 heteroatoms. The number of carbonyl (C=O) groups excluding carboxylic acids is 2. The van der Waals surface area contributed by atoms with Gasteiger partial charge in [-0.05, 0) is 50.2 Å². The van der Waals surface area contributed by atoms with Crippen LogP contribution in [0.3, 0.4) is 0 Å². The highest BCUT2D eigenvalue weighted by atomic mass is 32.1. The van der Waals surface area contributed by atoms with Crippen LogP contribution in [0, 0.1) is 17.8 Å². The molecular formula is C56H106O13S. The summed E-state index contributed by atoms with van der Waals surface area (Å²) in [6, 6.07) is 0. The lowest BCUT2D eigenvalue weighted by Crippen LogP contribution is -2.65. The first-order chi connectivity index (χ1) is 33.8. The zero-order valence-corrected chi connectivity index (χ0v) is 45.7. The molecule has 0 spiro atoms. The Hall–Kier alpha value is -1.07. The number of esters is 2. The van der Waals surface area contributed by atoms with Gasteiger partial charge in [0.05, 0.1) is 24.7 Å². The average molecular weight is 1020 g/mol. The number of carbonyl (C=O) groups is 2. The predicted octanol–water partition coefficient (Wildman–Crippen LogP) is 10.8. The molecule has 4 unspecified atom stereocenters. The molecule has 0 amide bonds. The van der Waals surface area contributed by atoms with Gasteiger partial charge >= 0.3 is 11.9 Å². The lowest BCUT2D eigenvalue weighted by atomic mass is 9.85. The van der Waals surface area contributed by atoms with E-state index in [0.29, 0.717) is 18.8 Å². The molecule has 0 aromatic heterocycles. The van der Waals surface area contributed by atoms with Crippen molar-refractivity contribution in [3.05, 3.63) is 0 Å². The van der Waals surface area contributed by atoms with Crippen LogP contribution in [0.2, 0.25) is 0 Å². The summed E-state index contributed by atoms with van der Waals surface area (Å²) in [5.41, 5.74) is 0. The largest absolute Gasteiger partial charge is 0.455 e. The lowest BCUT2D eigenvalue weighted by molar-refractivity contribution is -0.375. The zero-order chi connectivity index (χ0) is 51.5. The second kappa shape index (κ2) is 40.3. The minimum absolute atomic E-state index is 0.0340. The Morgan fingerprint density at radius 2 is 1.00 bits per heavy atom. The first-order valence-electron chi connectivity index (χ1n) is 28.8. The van der Waals surface area contributed by atoms with E-state index in [2.05, 4.69) is 26.5 Å². The van der Waals surface area contributed by atoms with Crippen molar-refractivity contribution in [3.8, 4) is 0 Å². The number of unbranched alkanes of at least 4 members (excludes halogenated alkanes) is 27. The molecule has 70 heavy (non-hydrogen) atoms. The van der Waals surface area contributed by atoms with Crippen LogP contribution < -0.4 is 0 Å². The first kappa shape index (κ1) is 65.0. The molecular weight excluding hydrogens is 913 g/mol. The van der Waals surface area contributed by atoms with Crippen molar-refractivity contribution in [2.45, 2.75) is 314 Å². The quantitative estimate of drug-likeness (QED) is 0.0173. The van der Waals surface area contributed by atoms with Gasteiger partial charge in [-0.2, -0.15) is 12.6 Å². The fourth-order valence-electron chi connectivity index (χ4n) is 10.3. The number of ether oxygens (including phenoxy) is 5. The second-order valence-corrected chi connectivity index (χ2v) is 21.8. The van der Waals surface area contributed by atoms with E-state index >= 15 is 0 Å². The van der Waals surface area contributed by atoms with E-state index in [4.69, 9.17) is 23.7 Å². The van der Waals surface area contributed by atoms with Gasteiger partial charge in [0.2, 0.25) is 6.29 Å². The zero-order valence-electron chi connectivity index (χ0n) is 44.8. The third kappa shape index (κ3) is 26.4. The predicted molar refractivity (Wildman–Crippen MR) is 280 cm³/mol. The van der Waals surface area contributed by atoms with E-state index in [1.54, 1.807) is 13.8 Å². The van der Waals surface area contributed by atoms with Gasteiger partial charge in [-0.1, -0.05) is 207 Å². The maximum absolute atomic E-state index is 13.9. The van der Waals surface area contributed by atoms with Crippen LogP contribution in [0.5, 0.6) is 0 Å². The van der Waals surface area contributed by atoms with Crippen LogP contribution in [-0.4, -0.2) is 122 Å². The average Bonchev–Trinajstić information content (AvgIpc) is 3.35. The summed E-state index contributed by atoms with van der Waals surface area (Å²) in [5.74, 6) is -1.45. The summed E-state index contributed by atoms with van der Waals surface area (Å²) in [6.07, 6.45) is 21.5. The van der Waals surface area contributed by atoms with Crippen molar-refractivity contribution in [2.24, 2.45) is 17.8 Å². The van der Waals surface area contributed by atoms with E-state index in [1.165, 1.54) is 148 Å². The molecule has 2 aliphatic rings. The van der Waals surface area contributed by atoms with Gasteiger partial charge in [-0.25, -0.2) is 0 Å². The third-order valence-corrected chi connectivity index (χ3v) is 15.3. The van der Waals surface area contributed by atoms with E-state index < -0.39 is 92.0 Å². The number of aliphatic hydroxyl groups excluding tert-OH is 6.